The maximum Gasteiger partial charge on any atom is 0.391 e. The molecule has 1 saturated carbocycles. The van der Waals surface area contributed by atoms with Gasteiger partial charge in [-0.15, -0.1) is 0 Å². The fraction of sp³-hybridized carbons (Fsp3) is 0.450. The van der Waals surface area contributed by atoms with Gasteiger partial charge in [-0.3, -0.25) is 4.98 Å². The molecular formula is C20H20F4N4. The Bertz CT molecular complexity index is 1020. The van der Waals surface area contributed by atoms with E-state index in [1.807, 2.05) is 19.1 Å². The topological polar surface area (TPSA) is 43.1 Å². The molecule has 4 nitrogen and oxygen atoms in total. The molecule has 4 rings (SSSR count). The lowest BCUT2D eigenvalue weighted by Gasteiger charge is -2.28. The third-order valence-electron chi connectivity index (χ3n) is 5.58. The van der Waals surface area contributed by atoms with Gasteiger partial charge in [-0.2, -0.15) is 18.3 Å². The number of aromatic nitrogens is 4. The summed E-state index contributed by atoms with van der Waals surface area (Å²) >= 11 is 0. The Kier molecular flexibility index (Phi) is 4.59. The van der Waals surface area contributed by atoms with E-state index in [1.165, 1.54) is 4.52 Å². The maximum absolute atomic E-state index is 15.1. The monoisotopic (exact) mass is 392 g/mol. The molecule has 0 amide bonds. The first kappa shape index (κ1) is 18.8. The molecule has 0 bridgehead atoms. The third-order valence-corrected chi connectivity index (χ3v) is 5.58. The van der Waals surface area contributed by atoms with Crippen molar-refractivity contribution in [1.29, 1.82) is 0 Å². The van der Waals surface area contributed by atoms with Crippen LogP contribution in [0.2, 0.25) is 0 Å². The smallest absolute Gasteiger partial charge is 0.264 e. The minimum absolute atomic E-state index is 0.00249. The van der Waals surface area contributed by atoms with Crippen LogP contribution in [0, 0.1) is 25.6 Å². The molecule has 0 radical (unpaired) electrons. The zero-order valence-corrected chi connectivity index (χ0v) is 15.6. The van der Waals surface area contributed by atoms with Crippen LogP contribution in [-0.2, 0) is 0 Å². The van der Waals surface area contributed by atoms with Crippen molar-refractivity contribution in [3.63, 3.8) is 0 Å². The van der Waals surface area contributed by atoms with Crippen LogP contribution in [0.5, 0.6) is 0 Å². The SMILES string of the molecule is Cc1cc(-c2cnccc2C)n2nc(C3CCC(C(F)(F)F)CC3)c(F)c2n1. The number of aryl methyl sites for hydroxylation is 2. The van der Waals surface area contributed by atoms with Gasteiger partial charge in [0, 0.05) is 29.6 Å². The molecule has 148 valence electrons. The van der Waals surface area contributed by atoms with Crippen LogP contribution in [0.25, 0.3) is 16.9 Å². The van der Waals surface area contributed by atoms with E-state index < -0.39 is 17.9 Å². The number of alkyl halides is 3. The molecule has 0 saturated heterocycles. The van der Waals surface area contributed by atoms with Crippen LogP contribution >= 0.6 is 0 Å². The van der Waals surface area contributed by atoms with E-state index in [0.717, 1.165) is 11.1 Å². The highest BCUT2D eigenvalue weighted by Crippen LogP contribution is 2.43. The fourth-order valence-corrected chi connectivity index (χ4v) is 4.01. The van der Waals surface area contributed by atoms with Gasteiger partial charge in [-0.1, -0.05) is 0 Å². The summed E-state index contributed by atoms with van der Waals surface area (Å²) in [6.07, 6.45) is -0.275. The van der Waals surface area contributed by atoms with E-state index in [1.54, 1.807) is 19.3 Å². The zero-order chi connectivity index (χ0) is 20.1. The van der Waals surface area contributed by atoms with Crippen molar-refractivity contribution in [3.05, 3.63) is 47.3 Å². The van der Waals surface area contributed by atoms with Crippen LogP contribution in [0.3, 0.4) is 0 Å². The summed E-state index contributed by atoms with van der Waals surface area (Å²) in [6, 6.07) is 3.67. The van der Waals surface area contributed by atoms with Crippen molar-refractivity contribution in [1.82, 2.24) is 19.6 Å². The minimum atomic E-state index is -4.19. The van der Waals surface area contributed by atoms with Crippen molar-refractivity contribution in [2.24, 2.45) is 5.92 Å². The number of fused-ring (bicyclic) bond motifs is 1. The van der Waals surface area contributed by atoms with Gasteiger partial charge in [0.2, 0.25) is 0 Å². The second-order valence-corrected chi connectivity index (χ2v) is 7.50. The van der Waals surface area contributed by atoms with Crippen LogP contribution in [0.1, 0.15) is 48.6 Å². The molecular weight excluding hydrogens is 372 g/mol. The summed E-state index contributed by atoms with van der Waals surface area (Å²) in [6.45, 7) is 3.70. The molecule has 0 spiro atoms. The summed E-state index contributed by atoms with van der Waals surface area (Å²) in [5.41, 5.74) is 3.39. The predicted octanol–water partition coefficient (Wildman–Crippen LogP) is 5.38. The predicted molar refractivity (Wildman–Crippen MR) is 96.4 cm³/mol. The van der Waals surface area contributed by atoms with E-state index in [9.17, 15) is 13.2 Å². The highest BCUT2D eigenvalue weighted by atomic mass is 19.4. The van der Waals surface area contributed by atoms with Crippen LogP contribution < -0.4 is 0 Å². The number of pyridine rings is 1. The Morgan fingerprint density at radius 3 is 2.46 bits per heavy atom. The first-order valence-electron chi connectivity index (χ1n) is 9.29. The molecule has 28 heavy (non-hydrogen) atoms. The van der Waals surface area contributed by atoms with Crippen molar-refractivity contribution in [2.75, 3.05) is 0 Å². The van der Waals surface area contributed by atoms with Crippen LogP contribution in [0.4, 0.5) is 17.6 Å². The summed E-state index contributed by atoms with van der Waals surface area (Å²) in [4.78, 5) is 8.43. The van der Waals surface area contributed by atoms with E-state index in [-0.39, 0.29) is 42.9 Å². The molecule has 1 aliphatic carbocycles. The number of nitrogens with zero attached hydrogens (tertiary/aromatic N) is 4. The first-order valence-corrected chi connectivity index (χ1v) is 9.29. The second kappa shape index (κ2) is 6.83. The van der Waals surface area contributed by atoms with Crippen molar-refractivity contribution in [2.45, 2.75) is 51.6 Å². The summed E-state index contributed by atoms with van der Waals surface area (Å²) in [7, 11) is 0. The van der Waals surface area contributed by atoms with E-state index in [4.69, 9.17) is 0 Å². The molecule has 0 atom stereocenters. The molecule has 1 fully saturated rings. The molecule has 0 aromatic carbocycles. The van der Waals surface area contributed by atoms with Gasteiger partial charge in [0.1, 0.15) is 5.69 Å². The normalized spacial score (nSPS) is 20.6. The highest BCUT2D eigenvalue weighted by Gasteiger charge is 2.42. The van der Waals surface area contributed by atoms with Crippen molar-refractivity contribution < 1.29 is 17.6 Å². The Balaban J connectivity index is 1.76. The molecule has 8 heteroatoms. The van der Waals surface area contributed by atoms with Crippen molar-refractivity contribution >= 4 is 5.65 Å². The highest BCUT2D eigenvalue weighted by molar-refractivity contribution is 5.66. The molecule has 3 aromatic heterocycles. The molecule has 1 aliphatic rings. The number of hydrogen-bond acceptors (Lipinski definition) is 3. The fourth-order valence-electron chi connectivity index (χ4n) is 4.01. The number of halogens is 4. The minimum Gasteiger partial charge on any atom is -0.264 e. The maximum atomic E-state index is 15.1. The quantitative estimate of drug-likeness (QED) is 0.550. The Morgan fingerprint density at radius 1 is 1.11 bits per heavy atom. The van der Waals surface area contributed by atoms with E-state index in [2.05, 4.69) is 15.1 Å². The summed E-state index contributed by atoms with van der Waals surface area (Å²) in [5, 5.41) is 4.45. The van der Waals surface area contributed by atoms with E-state index >= 15 is 4.39 Å². The molecule has 0 unspecified atom stereocenters. The zero-order valence-electron chi connectivity index (χ0n) is 15.6. The average molecular weight is 392 g/mol. The van der Waals surface area contributed by atoms with Crippen LogP contribution in [0.15, 0.2) is 24.5 Å². The molecule has 0 N–H and O–H groups in total. The van der Waals surface area contributed by atoms with Gasteiger partial charge in [-0.25, -0.2) is 13.9 Å². The van der Waals surface area contributed by atoms with Crippen LogP contribution in [-0.4, -0.2) is 25.8 Å². The van der Waals surface area contributed by atoms with Gasteiger partial charge >= 0.3 is 6.18 Å². The molecule has 0 aliphatic heterocycles. The van der Waals surface area contributed by atoms with Gasteiger partial charge < -0.3 is 0 Å². The third kappa shape index (κ3) is 3.25. The average Bonchev–Trinajstić information content (AvgIpc) is 2.98. The lowest BCUT2D eigenvalue weighted by Crippen LogP contribution is -2.27. The Morgan fingerprint density at radius 2 is 1.82 bits per heavy atom. The molecule has 3 aromatic rings. The van der Waals surface area contributed by atoms with Gasteiger partial charge in [-0.05, 0) is 57.2 Å². The second-order valence-electron chi connectivity index (χ2n) is 7.50. The Hall–Kier alpha value is -2.51. The van der Waals surface area contributed by atoms with Gasteiger partial charge in [0.05, 0.1) is 11.6 Å². The summed E-state index contributed by atoms with van der Waals surface area (Å²) in [5.74, 6) is -2.18. The van der Waals surface area contributed by atoms with Gasteiger partial charge in [0.25, 0.3) is 0 Å². The summed E-state index contributed by atoms with van der Waals surface area (Å²) < 4.78 is 55.4. The number of rotatable bonds is 2. The lowest BCUT2D eigenvalue weighted by atomic mass is 9.80. The molecule has 3 heterocycles. The van der Waals surface area contributed by atoms with E-state index in [0.29, 0.717) is 11.4 Å². The van der Waals surface area contributed by atoms with Gasteiger partial charge in [0.15, 0.2) is 11.5 Å². The number of hydrogen-bond donors (Lipinski definition) is 0. The Labute approximate surface area is 159 Å². The standard InChI is InChI=1S/C20H20F4N4/c1-11-7-8-25-10-15(11)16-9-12(2)26-19-17(21)18(27-28(16)19)13-3-5-14(6-4-13)20(22,23)24/h7-10,13-14H,3-6H2,1-2H3. The van der Waals surface area contributed by atoms with Crippen molar-refractivity contribution in [3.8, 4) is 11.3 Å². The largest absolute Gasteiger partial charge is 0.391 e. The first-order chi connectivity index (χ1) is 13.3. The lowest BCUT2D eigenvalue weighted by molar-refractivity contribution is -0.182.